The Balaban J connectivity index is 0.00000240. The van der Waals surface area contributed by atoms with Crippen molar-refractivity contribution in [1.82, 2.24) is 5.01 Å². The minimum atomic E-state index is -0.336. The monoisotopic (exact) mass is 417 g/mol. The Bertz CT molecular complexity index is 888. The Morgan fingerprint density at radius 2 is 2.00 bits per heavy atom. The second kappa shape index (κ2) is 8.30. The van der Waals surface area contributed by atoms with Crippen molar-refractivity contribution >= 4 is 18.1 Å². The van der Waals surface area contributed by atoms with Gasteiger partial charge < -0.3 is 4.74 Å². The van der Waals surface area contributed by atoms with E-state index in [9.17, 15) is 10.1 Å². The zero-order chi connectivity index (χ0) is 19.9. The third-order valence-electron chi connectivity index (χ3n) is 5.85. The van der Waals surface area contributed by atoms with E-state index >= 15 is 0 Å². The summed E-state index contributed by atoms with van der Waals surface area (Å²) in [7, 11) is 0. The maximum absolute atomic E-state index is 11.5. The Morgan fingerprint density at radius 3 is 2.69 bits per heavy atom. The van der Waals surface area contributed by atoms with Gasteiger partial charge in [-0.25, -0.2) is 5.01 Å². The van der Waals surface area contributed by atoms with Crippen LogP contribution in [0.25, 0.3) is 0 Å². The summed E-state index contributed by atoms with van der Waals surface area (Å²) in [5.41, 5.74) is 2.86. The predicted molar refractivity (Wildman–Crippen MR) is 115 cm³/mol. The lowest BCUT2D eigenvalue weighted by Gasteiger charge is -2.39. The SMILES string of the molecule is CC1(C)Cc2cc([N+](=O)[O-])cc(C[C@@H]3CCCN(N)[C@@H]3c3ccccc3)c2O1.Cl. The van der Waals surface area contributed by atoms with Gasteiger partial charge in [-0.05, 0) is 44.6 Å². The average Bonchev–Trinajstić information content (AvgIpc) is 2.97. The highest BCUT2D eigenvalue weighted by atomic mass is 35.5. The molecule has 0 aliphatic carbocycles. The van der Waals surface area contributed by atoms with Crippen molar-refractivity contribution in [3.8, 4) is 5.75 Å². The number of hydrogen-bond donors (Lipinski definition) is 1. The highest BCUT2D eigenvalue weighted by molar-refractivity contribution is 5.85. The molecule has 2 heterocycles. The molecular formula is C22H28ClN3O3. The number of fused-ring (bicyclic) bond motifs is 1. The topological polar surface area (TPSA) is 81.6 Å². The number of hydrogen-bond acceptors (Lipinski definition) is 5. The number of nitro groups is 1. The summed E-state index contributed by atoms with van der Waals surface area (Å²) in [6.45, 7) is 4.90. The van der Waals surface area contributed by atoms with Crippen molar-refractivity contribution in [1.29, 1.82) is 0 Å². The molecule has 1 saturated heterocycles. The lowest BCUT2D eigenvalue weighted by Crippen LogP contribution is -2.44. The minimum Gasteiger partial charge on any atom is -0.487 e. The first-order valence-electron chi connectivity index (χ1n) is 9.89. The Kier molecular flexibility index (Phi) is 6.17. The van der Waals surface area contributed by atoms with E-state index in [1.54, 1.807) is 12.1 Å². The summed E-state index contributed by atoms with van der Waals surface area (Å²) in [5, 5.41) is 13.4. The molecule has 0 bridgehead atoms. The van der Waals surface area contributed by atoms with Crippen LogP contribution in [-0.4, -0.2) is 22.1 Å². The van der Waals surface area contributed by atoms with Crippen LogP contribution in [0.3, 0.4) is 0 Å². The molecule has 6 nitrogen and oxygen atoms in total. The van der Waals surface area contributed by atoms with Crippen molar-refractivity contribution < 1.29 is 9.66 Å². The summed E-state index contributed by atoms with van der Waals surface area (Å²) in [6, 6.07) is 13.7. The van der Waals surface area contributed by atoms with Crippen LogP contribution >= 0.6 is 12.4 Å². The second-order valence-electron chi connectivity index (χ2n) is 8.59. The zero-order valence-electron chi connectivity index (χ0n) is 16.8. The van der Waals surface area contributed by atoms with Crippen LogP contribution in [0.1, 0.15) is 49.4 Å². The zero-order valence-corrected chi connectivity index (χ0v) is 17.7. The molecule has 2 aliphatic rings. The third-order valence-corrected chi connectivity index (χ3v) is 5.85. The summed E-state index contributed by atoms with van der Waals surface area (Å²) >= 11 is 0. The van der Waals surface area contributed by atoms with Crippen LogP contribution in [0.4, 0.5) is 5.69 Å². The van der Waals surface area contributed by atoms with Gasteiger partial charge in [0.25, 0.3) is 5.69 Å². The molecule has 0 radical (unpaired) electrons. The van der Waals surface area contributed by atoms with Gasteiger partial charge >= 0.3 is 0 Å². The highest BCUT2D eigenvalue weighted by Gasteiger charge is 2.36. The molecule has 4 rings (SSSR count). The van der Waals surface area contributed by atoms with Crippen molar-refractivity contribution in [3.05, 3.63) is 69.3 Å². The van der Waals surface area contributed by atoms with E-state index in [1.165, 1.54) is 5.56 Å². The summed E-state index contributed by atoms with van der Waals surface area (Å²) < 4.78 is 6.20. The number of non-ortho nitro benzene ring substituents is 1. The van der Waals surface area contributed by atoms with Gasteiger partial charge in [-0.2, -0.15) is 0 Å². The van der Waals surface area contributed by atoms with Gasteiger partial charge in [0.2, 0.25) is 0 Å². The normalized spacial score (nSPS) is 23.0. The fourth-order valence-electron chi connectivity index (χ4n) is 4.74. The van der Waals surface area contributed by atoms with E-state index in [1.807, 2.05) is 37.1 Å². The van der Waals surface area contributed by atoms with E-state index in [2.05, 4.69) is 12.1 Å². The van der Waals surface area contributed by atoms with Crippen molar-refractivity contribution in [2.24, 2.45) is 11.8 Å². The summed E-state index contributed by atoms with van der Waals surface area (Å²) in [6.07, 6.45) is 3.46. The van der Waals surface area contributed by atoms with Crippen molar-refractivity contribution in [3.63, 3.8) is 0 Å². The van der Waals surface area contributed by atoms with Gasteiger partial charge in [0, 0.05) is 36.2 Å². The molecule has 1 fully saturated rings. The molecule has 0 aromatic heterocycles. The Hall–Kier alpha value is -2.15. The number of rotatable bonds is 4. The van der Waals surface area contributed by atoms with Gasteiger partial charge in [-0.1, -0.05) is 30.3 Å². The molecule has 2 aliphatic heterocycles. The lowest BCUT2D eigenvalue weighted by atomic mass is 9.81. The van der Waals surface area contributed by atoms with E-state index < -0.39 is 0 Å². The van der Waals surface area contributed by atoms with Gasteiger partial charge in [0.15, 0.2) is 0 Å². The standard InChI is InChI=1S/C22H27N3O3.ClH/c1-22(2)14-18-13-19(25(26)27)12-17(21(18)28-22)11-16-9-6-10-24(23)20(16)15-7-4-3-5-8-15;/h3-5,7-8,12-13,16,20H,6,9-11,14,23H2,1-2H3;1H/t16-,20+;/m0./s1. The first kappa shape index (κ1) is 21.6. The first-order chi connectivity index (χ1) is 13.3. The molecule has 2 aromatic carbocycles. The largest absolute Gasteiger partial charge is 0.487 e. The maximum Gasteiger partial charge on any atom is 0.270 e. The van der Waals surface area contributed by atoms with Gasteiger partial charge in [0.1, 0.15) is 11.4 Å². The number of nitrogens with zero attached hydrogens (tertiary/aromatic N) is 2. The van der Waals surface area contributed by atoms with Crippen LogP contribution < -0.4 is 10.6 Å². The minimum absolute atomic E-state index is 0. The molecule has 2 aromatic rings. The lowest BCUT2D eigenvalue weighted by molar-refractivity contribution is -0.385. The van der Waals surface area contributed by atoms with Crippen LogP contribution in [0, 0.1) is 16.0 Å². The number of halogens is 1. The molecule has 29 heavy (non-hydrogen) atoms. The smallest absolute Gasteiger partial charge is 0.270 e. The summed E-state index contributed by atoms with van der Waals surface area (Å²) in [4.78, 5) is 11.2. The number of piperidine rings is 1. The molecule has 2 N–H and O–H groups in total. The number of benzene rings is 2. The van der Waals surface area contributed by atoms with Crippen LogP contribution in [-0.2, 0) is 12.8 Å². The van der Waals surface area contributed by atoms with Crippen molar-refractivity contribution in [2.45, 2.75) is 51.2 Å². The summed E-state index contributed by atoms with van der Waals surface area (Å²) in [5.74, 6) is 7.49. The first-order valence-corrected chi connectivity index (χ1v) is 9.89. The average molecular weight is 418 g/mol. The quantitative estimate of drug-likeness (QED) is 0.446. The maximum atomic E-state index is 11.5. The number of ether oxygens (including phenoxy) is 1. The molecule has 0 unspecified atom stereocenters. The molecule has 0 saturated carbocycles. The van der Waals surface area contributed by atoms with E-state index in [-0.39, 0.29) is 40.6 Å². The Labute approximate surface area is 177 Å². The second-order valence-corrected chi connectivity index (χ2v) is 8.59. The number of nitro benzene ring substituents is 1. The van der Waals surface area contributed by atoms with Gasteiger partial charge in [0.05, 0.1) is 11.0 Å². The number of hydrazine groups is 1. The van der Waals surface area contributed by atoms with Crippen LogP contribution in [0.5, 0.6) is 5.75 Å². The van der Waals surface area contributed by atoms with Crippen LogP contribution in [0.15, 0.2) is 42.5 Å². The van der Waals surface area contributed by atoms with Crippen LogP contribution in [0.2, 0.25) is 0 Å². The van der Waals surface area contributed by atoms with Gasteiger partial charge in [-0.3, -0.25) is 16.0 Å². The third kappa shape index (κ3) is 4.39. The fraction of sp³-hybridized carbons (Fsp3) is 0.455. The van der Waals surface area contributed by atoms with E-state index in [0.717, 1.165) is 36.3 Å². The predicted octanol–water partition coefficient (Wildman–Crippen LogP) is 4.60. The Morgan fingerprint density at radius 1 is 1.28 bits per heavy atom. The number of nitrogens with two attached hydrogens (primary N) is 1. The van der Waals surface area contributed by atoms with Crippen molar-refractivity contribution in [2.75, 3.05) is 6.54 Å². The molecule has 7 heteroatoms. The molecule has 156 valence electrons. The molecule has 0 amide bonds. The molecular weight excluding hydrogens is 390 g/mol. The van der Waals surface area contributed by atoms with Gasteiger partial charge in [-0.15, -0.1) is 12.4 Å². The molecule has 0 spiro atoms. The van der Waals surface area contributed by atoms with E-state index in [4.69, 9.17) is 10.6 Å². The highest BCUT2D eigenvalue weighted by Crippen LogP contribution is 2.44. The fourth-order valence-corrected chi connectivity index (χ4v) is 4.74. The van der Waals surface area contributed by atoms with E-state index in [0.29, 0.717) is 12.8 Å². The molecule has 2 atom stereocenters.